The normalized spacial score (nSPS) is 19.4. The molecule has 10 heteroatoms. The van der Waals surface area contributed by atoms with Gasteiger partial charge in [-0.15, -0.1) is 35.0 Å². The average molecular weight is 422 g/mol. The fraction of sp³-hybridized carbons (Fsp3) is 0.824. The summed E-state index contributed by atoms with van der Waals surface area (Å²) in [6.07, 6.45) is 2.36. The molecular formula is C17H33Cl2N7O. The van der Waals surface area contributed by atoms with Crippen molar-refractivity contribution in [1.82, 2.24) is 29.5 Å². The van der Waals surface area contributed by atoms with Crippen molar-refractivity contribution < 1.29 is 4.79 Å². The van der Waals surface area contributed by atoms with Crippen LogP contribution < -0.4 is 5.73 Å². The SMILES string of the molecule is CN1CCN(Cc2nnc(C3CCN(C(=O)CCN)CC3)n2C)CC1.Cl.Cl. The molecule has 8 nitrogen and oxygen atoms in total. The first-order valence-electron chi connectivity index (χ1n) is 9.35. The molecule has 0 aromatic carbocycles. The summed E-state index contributed by atoms with van der Waals surface area (Å²) in [6.45, 7) is 7.28. The summed E-state index contributed by atoms with van der Waals surface area (Å²) in [5.74, 6) is 2.67. The number of rotatable bonds is 5. The fourth-order valence-corrected chi connectivity index (χ4v) is 3.74. The van der Waals surface area contributed by atoms with E-state index < -0.39 is 0 Å². The van der Waals surface area contributed by atoms with Gasteiger partial charge in [0.15, 0.2) is 0 Å². The lowest BCUT2D eigenvalue weighted by molar-refractivity contribution is -0.132. The zero-order valence-corrected chi connectivity index (χ0v) is 18.0. The van der Waals surface area contributed by atoms with Crippen molar-refractivity contribution in [2.75, 3.05) is 52.9 Å². The van der Waals surface area contributed by atoms with Crippen molar-refractivity contribution in [3.05, 3.63) is 11.6 Å². The molecule has 0 aliphatic carbocycles. The Hall–Kier alpha value is -0.930. The number of nitrogens with two attached hydrogens (primary N) is 1. The number of hydrogen-bond donors (Lipinski definition) is 1. The van der Waals surface area contributed by atoms with E-state index in [1.807, 2.05) is 4.90 Å². The Morgan fingerprint density at radius 3 is 2.26 bits per heavy atom. The van der Waals surface area contributed by atoms with Gasteiger partial charge in [0.05, 0.1) is 6.54 Å². The Kier molecular flexibility index (Phi) is 9.97. The largest absolute Gasteiger partial charge is 0.343 e. The van der Waals surface area contributed by atoms with E-state index in [0.29, 0.717) is 18.9 Å². The number of halogens is 2. The van der Waals surface area contributed by atoms with E-state index in [2.05, 4.69) is 38.7 Å². The maximum absolute atomic E-state index is 12.0. The van der Waals surface area contributed by atoms with Crippen LogP contribution in [0.4, 0.5) is 0 Å². The van der Waals surface area contributed by atoms with Crippen LogP contribution in [0.25, 0.3) is 0 Å². The fourth-order valence-electron chi connectivity index (χ4n) is 3.74. The minimum absolute atomic E-state index is 0. The minimum Gasteiger partial charge on any atom is -0.343 e. The van der Waals surface area contributed by atoms with E-state index in [1.54, 1.807) is 0 Å². The highest BCUT2D eigenvalue weighted by Gasteiger charge is 2.27. The molecule has 2 aliphatic heterocycles. The van der Waals surface area contributed by atoms with Gasteiger partial charge < -0.3 is 20.1 Å². The second-order valence-electron chi connectivity index (χ2n) is 7.31. The molecule has 0 saturated carbocycles. The summed E-state index contributed by atoms with van der Waals surface area (Å²) < 4.78 is 2.17. The quantitative estimate of drug-likeness (QED) is 0.743. The van der Waals surface area contributed by atoms with Crippen LogP contribution in [0.3, 0.4) is 0 Å². The average Bonchev–Trinajstić information content (AvgIpc) is 2.98. The number of aromatic nitrogens is 3. The van der Waals surface area contributed by atoms with Gasteiger partial charge >= 0.3 is 0 Å². The van der Waals surface area contributed by atoms with Crippen molar-refractivity contribution in [1.29, 1.82) is 0 Å². The Morgan fingerprint density at radius 2 is 1.67 bits per heavy atom. The third-order valence-electron chi connectivity index (χ3n) is 5.53. The summed E-state index contributed by atoms with van der Waals surface area (Å²) in [5.41, 5.74) is 5.49. The van der Waals surface area contributed by atoms with Gasteiger partial charge in [-0.3, -0.25) is 9.69 Å². The first kappa shape index (κ1) is 24.1. The lowest BCUT2D eigenvalue weighted by Gasteiger charge is -2.32. The van der Waals surface area contributed by atoms with E-state index in [0.717, 1.165) is 70.3 Å². The summed E-state index contributed by atoms with van der Waals surface area (Å²) in [7, 11) is 4.25. The van der Waals surface area contributed by atoms with Crippen LogP contribution >= 0.6 is 24.8 Å². The lowest BCUT2D eigenvalue weighted by Crippen LogP contribution is -2.44. The highest BCUT2D eigenvalue weighted by molar-refractivity contribution is 5.85. The molecule has 1 aromatic heterocycles. The number of amides is 1. The number of likely N-dealkylation sites (N-methyl/N-ethyl adjacent to an activating group) is 1. The number of piperazine rings is 1. The highest BCUT2D eigenvalue weighted by Crippen LogP contribution is 2.27. The summed E-state index contributed by atoms with van der Waals surface area (Å²) in [5, 5.41) is 8.93. The smallest absolute Gasteiger partial charge is 0.223 e. The highest BCUT2D eigenvalue weighted by atomic mass is 35.5. The van der Waals surface area contributed by atoms with Gasteiger partial charge in [-0.05, 0) is 19.9 Å². The van der Waals surface area contributed by atoms with Crippen molar-refractivity contribution in [2.45, 2.75) is 31.7 Å². The molecule has 2 fully saturated rings. The maximum atomic E-state index is 12.0. The minimum atomic E-state index is 0. The lowest BCUT2D eigenvalue weighted by atomic mass is 9.95. The Morgan fingerprint density at radius 1 is 1.04 bits per heavy atom. The van der Waals surface area contributed by atoms with E-state index >= 15 is 0 Å². The standard InChI is InChI=1S/C17H31N7O.2ClH/c1-21-9-11-23(12-10-21)13-15-19-20-17(22(15)2)14-4-7-24(8-5-14)16(25)3-6-18;;/h14H,3-13,18H2,1-2H3;2*1H. The Balaban J connectivity index is 0.00000182. The monoisotopic (exact) mass is 421 g/mol. The maximum Gasteiger partial charge on any atom is 0.223 e. The second-order valence-corrected chi connectivity index (χ2v) is 7.31. The molecule has 27 heavy (non-hydrogen) atoms. The zero-order valence-electron chi connectivity index (χ0n) is 16.3. The van der Waals surface area contributed by atoms with Gasteiger partial charge in [0.25, 0.3) is 0 Å². The number of hydrogen-bond acceptors (Lipinski definition) is 6. The van der Waals surface area contributed by atoms with Gasteiger partial charge in [0.2, 0.25) is 5.91 Å². The predicted octanol–water partition coefficient (Wildman–Crippen LogP) is 0.461. The second kappa shape index (κ2) is 11.2. The van der Waals surface area contributed by atoms with Crippen molar-refractivity contribution in [3.8, 4) is 0 Å². The molecule has 2 saturated heterocycles. The molecule has 2 N–H and O–H groups in total. The third kappa shape index (κ3) is 6.02. The molecular weight excluding hydrogens is 389 g/mol. The van der Waals surface area contributed by atoms with E-state index in [-0.39, 0.29) is 30.7 Å². The van der Waals surface area contributed by atoms with Gasteiger partial charge in [-0.1, -0.05) is 0 Å². The number of carbonyl (C=O) groups excluding carboxylic acids is 1. The van der Waals surface area contributed by atoms with Crippen LogP contribution in [0.5, 0.6) is 0 Å². The van der Waals surface area contributed by atoms with Gasteiger partial charge in [-0.2, -0.15) is 0 Å². The third-order valence-corrected chi connectivity index (χ3v) is 5.53. The topological polar surface area (TPSA) is 83.5 Å². The van der Waals surface area contributed by atoms with Crippen LogP contribution in [-0.4, -0.2) is 88.2 Å². The molecule has 0 unspecified atom stereocenters. The first-order valence-corrected chi connectivity index (χ1v) is 9.35. The summed E-state index contributed by atoms with van der Waals surface area (Å²) in [6, 6.07) is 0. The molecule has 156 valence electrons. The van der Waals surface area contributed by atoms with Crippen LogP contribution in [0.2, 0.25) is 0 Å². The van der Waals surface area contributed by atoms with Crippen molar-refractivity contribution >= 4 is 30.7 Å². The van der Waals surface area contributed by atoms with Crippen molar-refractivity contribution in [2.24, 2.45) is 12.8 Å². The number of likely N-dealkylation sites (tertiary alicyclic amines) is 1. The summed E-state index contributed by atoms with van der Waals surface area (Å²) in [4.78, 5) is 18.7. The van der Waals surface area contributed by atoms with E-state index in [9.17, 15) is 4.79 Å². The van der Waals surface area contributed by atoms with Crippen LogP contribution in [-0.2, 0) is 18.4 Å². The summed E-state index contributed by atoms with van der Waals surface area (Å²) >= 11 is 0. The molecule has 1 amide bonds. The number of nitrogens with zero attached hydrogens (tertiary/aromatic N) is 6. The Bertz CT molecular complexity index is 582. The number of piperidine rings is 1. The molecule has 0 radical (unpaired) electrons. The van der Waals surface area contributed by atoms with E-state index in [1.165, 1.54) is 0 Å². The van der Waals surface area contributed by atoms with Gasteiger partial charge in [0, 0.05) is 65.2 Å². The van der Waals surface area contributed by atoms with Crippen LogP contribution in [0, 0.1) is 0 Å². The van der Waals surface area contributed by atoms with E-state index in [4.69, 9.17) is 5.73 Å². The molecule has 1 aromatic rings. The molecule has 0 atom stereocenters. The van der Waals surface area contributed by atoms with Gasteiger partial charge in [-0.25, -0.2) is 0 Å². The Labute approximate surface area is 174 Å². The molecule has 2 aliphatic rings. The van der Waals surface area contributed by atoms with Crippen molar-refractivity contribution in [3.63, 3.8) is 0 Å². The molecule has 0 bridgehead atoms. The van der Waals surface area contributed by atoms with Crippen LogP contribution in [0.1, 0.15) is 36.8 Å². The number of carbonyl (C=O) groups is 1. The first-order chi connectivity index (χ1) is 12.1. The molecule has 0 spiro atoms. The zero-order chi connectivity index (χ0) is 17.8. The molecule has 3 heterocycles. The van der Waals surface area contributed by atoms with Gasteiger partial charge in [0.1, 0.15) is 11.6 Å². The predicted molar refractivity (Wildman–Crippen MR) is 110 cm³/mol. The molecule has 3 rings (SSSR count). The van der Waals surface area contributed by atoms with Crippen LogP contribution in [0.15, 0.2) is 0 Å².